The molecule has 0 aliphatic rings. The second-order valence-electron chi connectivity index (χ2n) is 2.76. The lowest BCUT2D eigenvalue weighted by Gasteiger charge is -2.05. The maximum Gasteiger partial charge on any atom is 0.123 e. The van der Waals surface area contributed by atoms with Crippen LogP contribution in [0.15, 0.2) is 24.8 Å². The molecule has 0 aromatic heterocycles. The Balaban J connectivity index is 3.09. The van der Waals surface area contributed by atoms with Gasteiger partial charge in [0.15, 0.2) is 0 Å². The summed E-state index contributed by atoms with van der Waals surface area (Å²) in [7, 11) is 0. The number of allylic oxidation sites excluding steroid dienone is 1. The maximum atomic E-state index is 9.51. The van der Waals surface area contributed by atoms with Crippen molar-refractivity contribution < 1.29 is 5.11 Å². The van der Waals surface area contributed by atoms with E-state index in [0.29, 0.717) is 11.1 Å². The molecule has 2 heteroatoms. The number of aromatic hydroxyl groups is 1. The number of phenols is 1. The van der Waals surface area contributed by atoms with E-state index in [2.05, 4.69) is 22.5 Å². The molecule has 1 aromatic rings. The highest BCUT2D eigenvalue weighted by atomic mass is 79.9. The molecule has 1 nitrogen and oxygen atoms in total. The molecule has 64 valence electrons. The monoisotopic (exact) mass is 226 g/mol. The van der Waals surface area contributed by atoms with Gasteiger partial charge in [0, 0.05) is 10.9 Å². The largest absolute Gasteiger partial charge is 0.507 e. The minimum atomic E-state index is 0.305. The fourth-order valence-corrected chi connectivity index (χ4v) is 1.31. The first-order valence-corrected chi connectivity index (χ1v) is 4.81. The molecule has 0 spiro atoms. The third-order valence-corrected chi connectivity index (χ3v) is 2.37. The van der Waals surface area contributed by atoms with E-state index in [0.717, 1.165) is 16.7 Å². The van der Waals surface area contributed by atoms with E-state index in [4.69, 9.17) is 0 Å². The van der Waals surface area contributed by atoms with Crippen LogP contribution < -0.4 is 0 Å². The van der Waals surface area contributed by atoms with E-state index in [9.17, 15) is 5.11 Å². The highest BCUT2D eigenvalue weighted by molar-refractivity contribution is 9.09. The van der Waals surface area contributed by atoms with Crippen LogP contribution in [0.1, 0.15) is 11.1 Å². The zero-order chi connectivity index (χ0) is 9.14. The first kappa shape index (κ1) is 9.33. The summed E-state index contributed by atoms with van der Waals surface area (Å²) in [6.45, 7) is 5.77. The lowest BCUT2D eigenvalue weighted by molar-refractivity contribution is 0.473. The zero-order valence-electron chi connectivity index (χ0n) is 6.97. The summed E-state index contributed by atoms with van der Waals surface area (Å²) in [5.74, 6) is 0.305. The molecule has 0 aliphatic heterocycles. The second-order valence-corrected chi connectivity index (χ2v) is 3.32. The lowest BCUT2D eigenvalue weighted by atomic mass is 10.1. The molecule has 0 aliphatic carbocycles. The van der Waals surface area contributed by atoms with Gasteiger partial charge < -0.3 is 5.11 Å². The predicted molar refractivity (Wildman–Crippen MR) is 55.7 cm³/mol. The standard InChI is InChI=1S/C10H11BrO/c1-7-3-4-9(8(2)6-11)10(12)5-7/h3-5,12H,2,6H2,1H3. The Hall–Kier alpha value is -0.760. The van der Waals surface area contributed by atoms with Crippen molar-refractivity contribution in [2.24, 2.45) is 0 Å². The molecule has 0 amide bonds. The van der Waals surface area contributed by atoms with Crippen molar-refractivity contribution in [1.82, 2.24) is 0 Å². The summed E-state index contributed by atoms with van der Waals surface area (Å²) in [5.41, 5.74) is 2.77. The van der Waals surface area contributed by atoms with Gasteiger partial charge in [-0.15, -0.1) is 0 Å². The molecular weight excluding hydrogens is 216 g/mol. The van der Waals surface area contributed by atoms with Gasteiger partial charge >= 0.3 is 0 Å². The van der Waals surface area contributed by atoms with Crippen molar-refractivity contribution in [2.45, 2.75) is 6.92 Å². The lowest BCUT2D eigenvalue weighted by Crippen LogP contribution is -1.85. The van der Waals surface area contributed by atoms with Gasteiger partial charge in [-0.25, -0.2) is 0 Å². The number of phenolic OH excluding ortho intramolecular Hbond substituents is 1. The van der Waals surface area contributed by atoms with Gasteiger partial charge in [0.05, 0.1) is 0 Å². The van der Waals surface area contributed by atoms with Gasteiger partial charge in [-0.2, -0.15) is 0 Å². The number of benzene rings is 1. The van der Waals surface area contributed by atoms with Crippen LogP contribution in [0.5, 0.6) is 5.75 Å². The second kappa shape index (κ2) is 3.76. The summed E-state index contributed by atoms with van der Waals surface area (Å²) in [5, 5.41) is 10.2. The van der Waals surface area contributed by atoms with Gasteiger partial charge in [-0.1, -0.05) is 34.6 Å². The Kier molecular flexibility index (Phi) is 2.93. The quantitative estimate of drug-likeness (QED) is 0.769. The Morgan fingerprint density at radius 2 is 2.25 bits per heavy atom. The molecule has 0 saturated carbocycles. The fraction of sp³-hybridized carbons (Fsp3) is 0.200. The normalized spacial score (nSPS) is 9.83. The molecule has 1 N–H and O–H groups in total. The van der Waals surface area contributed by atoms with Crippen molar-refractivity contribution in [3.63, 3.8) is 0 Å². The Morgan fingerprint density at radius 3 is 2.75 bits per heavy atom. The first-order chi connectivity index (χ1) is 5.65. The number of halogens is 1. The van der Waals surface area contributed by atoms with Crippen LogP contribution in [0, 0.1) is 6.92 Å². The molecule has 0 atom stereocenters. The van der Waals surface area contributed by atoms with Gasteiger partial charge in [-0.3, -0.25) is 0 Å². The number of hydrogen-bond acceptors (Lipinski definition) is 1. The summed E-state index contributed by atoms with van der Waals surface area (Å²) >= 11 is 3.29. The molecule has 0 unspecified atom stereocenters. The van der Waals surface area contributed by atoms with Crippen LogP contribution in [0.25, 0.3) is 5.57 Å². The van der Waals surface area contributed by atoms with Crippen molar-refractivity contribution in [3.8, 4) is 5.75 Å². The highest BCUT2D eigenvalue weighted by Crippen LogP contribution is 2.25. The third-order valence-electron chi connectivity index (χ3n) is 1.70. The van der Waals surface area contributed by atoms with Crippen LogP contribution in [0.3, 0.4) is 0 Å². The molecule has 12 heavy (non-hydrogen) atoms. The van der Waals surface area contributed by atoms with Crippen molar-refractivity contribution in [2.75, 3.05) is 5.33 Å². The average molecular weight is 227 g/mol. The van der Waals surface area contributed by atoms with E-state index in [1.165, 1.54) is 0 Å². The predicted octanol–water partition coefficient (Wildman–Crippen LogP) is 3.11. The number of aryl methyl sites for hydroxylation is 1. The summed E-state index contributed by atoms with van der Waals surface area (Å²) in [6.07, 6.45) is 0. The number of hydrogen-bond donors (Lipinski definition) is 1. The Morgan fingerprint density at radius 1 is 1.58 bits per heavy atom. The smallest absolute Gasteiger partial charge is 0.123 e. The Bertz CT molecular complexity index is 305. The van der Waals surface area contributed by atoms with Gasteiger partial charge in [0.1, 0.15) is 5.75 Å². The van der Waals surface area contributed by atoms with Crippen LogP contribution in [0.4, 0.5) is 0 Å². The van der Waals surface area contributed by atoms with Crippen LogP contribution in [-0.2, 0) is 0 Å². The first-order valence-electron chi connectivity index (χ1n) is 3.69. The molecule has 0 saturated heterocycles. The van der Waals surface area contributed by atoms with Crippen molar-refractivity contribution >= 4 is 21.5 Å². The molecule has 0 bridgehead atoms. The average Bonchev–Trinajstić information content (AvgIpc) is 2.03. The number of alkyl halides is 1. The summed E-state index contributed by atoms with van der Waals surface area (Å²) < 4.78 is 0. The molecule has 0 heterocycles. The zero-order valence-corrected chi connectivity index (χ0v) is 8.56. The van der Waals surface area contributed by atoms with E-state index in [-0.39, 0.29) is 0 Å². The SMILES string of the molecule is C=C(CBr)c1ccc(C)cc1O. The van der Waals surface area contributed by atoms with Crippen LogP contribution in [-0.4, -0.2) is 10.4 Å². The molecule has 0 radical (unpaired) electrons. The van der Waals surface area contributed by atoms with E-state index >= 15 is 0 Å². The van der Waals surface area contributed by atoms with Gasteiger partial charge in [0.25, 0.3) is 0 Å². The maximum absolute atomic E-state index is 9.51. The fourth-order valence-electron chi connectivity index (χ4n) is 1.01. The van der Waals surface area contributed by atoms with Crippen LogP contribution >= 0.6 is 15.9 Å². The van der Waals surface area contributed by atoms with Gasteiger partial charge in [-0.05, 0) is 24.1 Å². The van der Waals surface area contributed by atoms with Gasteiger partial charge in [0.2, 0.25) is 0 Å². The Labute approximate surface area is 80.9 Å². The van der Waals surface area contributed by atoms with E-state index in [1.807, 2.05) is 19.1 Å². The van der Waals surface area contributed by atoms with Crippen LogP contribution in [0.2, 0.25) is 0 Å². The summed E-state index contributed by atoms with van der Waals surface area (Å²) in [6, 6.07) is 5.58. The van der Waals surface area contributed by atoms with E-state index in [1.54, 1.807) is 6.07 Å². The molecular formula is C10H11BrO. The summed E-state index contributed by atoms with van der Waals surface area (Å²) in [4.78, 5) is 0. The van der Waals surface area contributed by atoms with Crippen molar-refractivity contribution in [3.05, 3.63) is 35.9 Å². The topological polar surface area (TPSA) is 20.2 Å². The van der Waals surface area contributed by atoms with E-state index < -0.39 is 0 Å². The van der Waals surface area contributed by atoms with Crippen molar-refractivity contribution in [1.29, 1.82) is 0 Å². The minimum absolute atomic E-state index is 0.305. The molecule has 1 rings (SSSR count). The molecule has 1 aromatic carbocycles. The molecule has 0 fully saturated rings. The minimum Gasteiger partial charge on any atom is -0.507 e. The highest BCUT2D eigenvalue weighted by Gasteiger charge is 2.03. The number of rotatable bonds is 2. The third kappa shape index (κ3) is 1.89.